The Morgan fingerprint density at radius 2 is 1.96 bits per heavy atom. The summed E-state index contributed by atoms with van der Waals surface area (Å²) in [4.78, 5) is 15.1. The van der Waals surface area contributed by atoms with Crippen molar-refractivity contribution in [1.29, 1.82) is 0 Å². The fourth-order valence-electron chi connectivity index (χ4n) is 3.39. The maximum absolute atomic E-state index is 12.9. The zero-order chi connectivity index (χ0) is 19.8. The third-order valence-electron chi connectivity index (χ3n) is 5.10. The number of nitrogens with zero attached hydrogens (tertiary/aromatic N) is 1. The zero-order valence-electron chi connectivity index (χ0n) is 16.4. The van der Waals surface area contributed by atoms with Crippen LogP contribution in [0.25, 0.3) is 6.08 Å². The predicted octanol–water partition coefficient (Wildman–Crippen LogP) is 3.88. The van der Waals surface area contributed by atoms with Gasteiger partial charge in [-0.3, -0.25) is 9.69 Å². The first-order valence-corrected chi connectivity index (χ1v) is 9.20. The minimum absolute atomic E-state index is 0.141. The molecular weight excluding hydrogens is 358 g/mol. The first-order valence-electron chi connectivity index (χ1n) is 9.20. The van der Waals surface area contributed by atoms with Crippen LogP contribution in [0.5, 0.6) is 23.0 Å². The van der Waals surface area contributed by atoms with Crippen LogP contribution < -0.4 is 18.9 Å². The SMILES string of the molecule is COc1ccc(/C=C2\Oc3c(ccc4c3CN(C(C)C)CO4)C2=O)c(OC)c1. The molecule has 0 unspecified atom stereocenters. The van der Waals surface area contributed by atoms with Gasteiger partial charge in [0.25, 0.3) is 0 Å². The van der Waals surface area contributed by atoms with E-state index >= 15 is 0 Å². The van der Waals surface area contributed by atoms with E-state index in [1.807, 2.05) is 18.2 Å². The number of carbonyl (C=O) groups excluding carboxylic acids is 1. The molecule has 2 aromatic carbocycles. The number of ketones is 1. The van der Waals surface area contributed by atoms with E-state index in [4.69, 9.17) is 18.9 Å². The molecule has 2 aliphatic rings. The average molecular weight is 381 g/mol. The number of allylic oxidation sites excluding steroid dienone is 1. The van der Waals surface area contributed by atoms with Crippen LogP contribution in [0, 0.1) is 0 Å². The third-order valence-corrected chi connectivity index (χ3v) is 5.10. The molecule has 0 radical (unpaired) electrons. The monoisotopic (exact) mass is 381 g/mol. The maximum atomic E-state index is 12.9. The van der Waals surface area contributed by atoms with E-state index in [-0.39, 0.29) is 11.5 Å². The smallest absolute Gasteiger partial charge is 0.231 e. The van der Waals surface area contributed by atoms with Gasteiger partial charge in [0, 0.05) is 24.2 Å². The van der Waals surface area contributed by atoms with Crippen molar-refractivity contribution in [3.63, 3.8) is 0 Å². The molecule has 146 valence electrons. The van der Waals surface area contributed by atoms with Crippen LogP contribution in [0.3, 0.4) is 0 Å². The third kappa shape index (κ3) is 3.10. The first-order chi connectivity index (χ1) is 13.5. The highest BCUT2D eigenvalue weighted by atomic mass is 16.5. The van der Waals surface area contributed by atoms with Crippen LogP contribution in [0.4, 0.5) is 0 Å². The van der Waals surface area contributed by atoms with Gasteiger partial charge >= 0.3 is 0 Å². The Morgan fingerprint density at radius 3 is 2.68 bits per heavy atom. The van der Waals surface area contributed by atoms with Crippen molar-refractivity contribution in [2.75, 3.05) is 21.0 Å². The fraction of sp³-hybridized carbons (Fsp3) is 0.318. The lowest BCUT2D eigenvalue weighted by atomic mass is 10.0. The van der Waals surface area contributed by atoms with Crippen molar-refractivity contribution in [2.24, 2.45) is 0 Å². The van der Waals surface area contributed by atoms with E-state index < -0.39 is 0 Å². The number of carbonyl (C=O) groups is 1. The van der Waals surface area contributed by atoms with Crippen molar-refractivity contribution in [3.05, 3.63) is 52.8 Å². The minimum atomic E-state index is -0.141. The summed E-state index contributed by atoms with van der Waals surface area (Å²) in [5, 5.41) is 0. The maximum Gasteiger partial charge on any atom is 0.231 e. The largest absolute Gasteiger partial charge is 0.497 e. The van der Waals surface area contributed by atoms with Crippen LogP contribution in [0.1, 0.15) is 35.3 Å². The highest BCUT2D eigenvalue weighted by Gasteiger charge is 2.34. The van der Waals surface area contributed by atoms with E-state index in [1.54, 1.807) is 32.4 Å². The van der Waals surface area contributed by atoms with E-state index in [0.717, 1.165) is 16.9 Å². The average Bonchev–Trinajstić information content (AvgIpc) is 3.03. The summed E-state index contributed by atoms with van der Waals surface area (Å²) >= 11 is 0. The number of Topliss-reactive ketones (excluding diaryl/α,β-unsaturated/α-hetero) is 1. The molecule has 0 amide bonds. The Labute approximate surface area is 164 Å². The van der Waals surface area contributed by atoms with Gasteiger partial charge in [-0.05, 0) is 44.2 Å². The number of benzene rings is 2. The molecule has 2 aromatic rings. The molecule has 0 atom stereocenters. The summed E-state index contributed by atoms with van der Waals surface area (Å²) in [5.41, 5.74) is 2.22. The lowest BCUT2D eigenvalue weighted by Gasteiger charge is -2.32. The Morgan fingerprint density at radius 1 is 1.14 bits per heavy atom. The number of hydrogen-bond donors (Lipinski definition) is 0. The van der Waals surface area contributed by atoms with Gasteiger partial charge in [0.15, 0.2) is 5.76 Å². The van der Waals surface area contributed by atoms with Crippen LogP contribution in [-0.4, -0.2) is 37.7 Å². The van der Waals surface area contributed by atoms with Crippen molar-refractivity contribution in [3.8, 4) is 23.0 Å². The van der Waals surface area contributed by atoms with Gasteiger partial charge in [-0.2, -0.15) is 0 Å². The Bertz CT molecular complexity index is 964. The molecule has 0 spiro atoms. The Balaban J connectivity index is 1.70. The number of methoxy groups -OCH3 is 2. The summed E-state index contributed by atoms with van der Waals surface area (Å²) in [6, 6.07) is 9.38. The second kappa shape index (κ2) is 7.20. The van der Waals surface area contributed by atoms with Crippen LogP contribution in [-0.2, 0) is 6.54 Å². The molecule has 6 heteroatoms. The molecule has 0 N–H and O–H groups in total. The quantitative estimate of drug-likeness (QED) is 0.749. The van der Waals surface area contributed by atoms with E-state index in [2.05, 4.69) is 18.7 Å². The molecular formula is C22H23NO5. The van der Waals surface area contributed by atoms with Crippen LogP contribution >= 0.6 is 0 Å². The van der Waals surface area contributed by atoms with Crippen molar-refractivity contribution in [1.82, 2.24) is 4.90 Å². The highest BCUT2D eigenvalue weighted by molar-refractivity contribution is 6.15. The van der Waals surface area contributed by atoms with Crippen molar-refractivity contribution >= 4 is 11.9 Å². The first kappa shape index (κ1) is 18.4. The van der Waals surface area contributed by atoms with Gasteiger partial charge in [-0.15, -0.1) is 0 Å². The Hall–Kier alpha value is -2.99. The molecule has 0 saturated heterocycles. The highest BCUT2D eigenvalue weighted by Crippen LogP contribution is 2.42. The lowest BCUT2D eigenvalue weighted by Crippen LogP contribution is -2.37. The summed E-state index contributed by atoms with van der Waals surface area (Å²) in [7, 11) is 3.18. The van der Waals surface area contributed by atoms with Gasteiger partial charge in [-0.1, -0.05) is 0 Å². The predicted molar refractivity (Wildman–Crippen MR) is 105 cm³/mol. The number of hydrogen-bond acceptors (Lipinski definition) is 6. The molecule has 2 heterocycles. The van der Waals surface area contributed by atoms with Gasteiger partial charge in [0.2, 0.25) is 5.78 Å². The summed E-state index contributed by atoms with van der Waals surface area (Å²) in [5.74, 6) is 2.78. The molecule has 0 saturated carbocycles. The number of rotatable bonds is 4. The minimum Gasteiger partial charge on any atom is -0.497 e. The molecule has 0 aliphatic carbocycles. The van der Waals surface area contributed by atoms with Crippen molar-refractivity contribution < 1.29 is 23.7 Å². The Kier molecular flexibility index (Phi) is 4.73. The molecule has 0 aromatic heterocycles. The normalized spacial score (nSPS) is 17.2. The summed E-state index contributed by atoms with van der Waals surface area (Å²) < 4.78 is 22.5. The lowest BCUT2D eigenvalue weighted by molar-refractivity contribution is 0.0674. The second-order valence-corrected chi connectivity index (χ2v) is 7.08. The number of ether oxygens (including phenoxy) is 4. The van der Waals surface area contributed by atoms with Crippen LogP contribution in [0.2, 0.25) is 0 Å². The molecule has 4 rings (SSSR count). The van der Waals surface area contributed by atoms with E-state index in [1.165, 1.54) is 0 Å². The van der Waals surface area contributed by atoms with E-state index in [9.17, 15) is 4.79 Å². The molecule has 6 nitrogen and oxygen atoms in total. The number of fused-ring (bicyclic) bond motifs is 3. The summed E-state index contributed by atoms with van der Waals surface area (Å²) in [6.07, 6.45) is 1.71. The summed E-state index contributed by atoms with van der Waals surface area (Å²) in [6.45, 7) is 5.45. The van der Waals surface area contributed by atoms with Gasteiger partial charge < -0.3 is 18.9 Å². The molecule has 0 bridgehead atoms. The molecule has 0 fully saturated rings. The molecule has 2 aliphatic heterocycles. The van der Waals surface area contributed by atoms with E-state index in [0.29, 0.717) is 42.1 Å². The van der Waals surface area contributed by atoms with Gasteiger partial charge in [0.1, 0.15) is 29.7 Å². The topological polar surface area (TPSA) is 57.2 Å². The van der Waals surface area contributed by atoms with Gasteiger partial charge in [0.05, 0.1) is 25.3 Å². The zero-order valence-corrected chi connectivity index (χ0v) is 16.4. The fourth-order valence-corrected chi connectivity index (χ4v) is 3.39. The van der Waals surface area contributed by atoms with Gasteiger partial charge in [-0.25, -0.2) is 0 Å². The second-order valence-electron chi connectivity index (χ2n) is 7.08. The van der Waals surface area contributed by atoms with Crippen LogP contribution in [0.15, 0.2) is 36.1 Å². The van der Waals surface area contributed by atoms with Crippen molar-refractivity contribution in [2.45, 2.75) is 26.4 Å². The molecule has 28 heavy (non-hydrogen) atoms. The standard InChI is InChI=1S/C22H23NO5/c1-13(2)23-11-17-18(27-12-23)8-7-16-21(24)20(28-22(16)17)9-14-5-6-15(25-3)10-19(14)26-4/h5-10,13H,11-12H2,1-4H3/b20-9-.